The van der Waals surface area contributed by atoms with Crippen molar-refractivity contribution < 1.29 is 17.9 Å². The Bertz CT molecular complexity index is 999. The average molecular weight is 376 g/mol. The molecule has 0 N–H and O–H groups in total. The third-order valence-electron chi connectivity index (χ3n) is 3.34. The molecule has 0 unspecified atom stereocenters. The van der Waals surface area contributed by atoms with Gasteiger partial charge in [0.15, 0.2) is 0 Å². The normalized spacial score (nSPS) is 11.0. The van der Waals surface area contributed by atoms with E-state index in [9.17, 15) is 18.4 Å². The van der Waals surface area contributed by atoms with E-state index in [-0.39, 0.29) is 27.9 Å². The number of nitrogens with zero attached hydrogens (tertiary/aromatic N) is 3. The second-order valence-corrected chi connectivity index (χ2v) is 5.57. The molecule has 0 aliphatic rings. The van der Waals surface area contributed by atoms with Crippen LogP contribution >= 0.6 is 11.6 Å². The second-order valence-electron chi connectivity index (χ2n) is 5.19. The van der Waals surface area contributed by atoms with Crippen LogP contribution in [0.4, 0.5) is 13.2 Å². The number of ether oxygens (including phenoxy) is 1. The van der Waals surface area contributed by atoms with Crippen LogP contribution in [-0.4, -0.2) is 9.97 Å². The molecule has 0 saturated carbocycles. The Morgan fingerprint density at radius 3 is 2.58 bits per heavy atom. The molecule has 8 heteroatoms. The minimum atomic E-state index is -4.48. The molecule has 0 aliphatic carbocycles. The number of benzene rings is 1. The minimum Gasteiger partial charge on any atom is -0.439 e. The smallest absolute Gasteiger partial charge is 0.416 e. The molecular formula is C18H9ClF3N3O. The van der Waals surface area contributed by atoms with Crippen LogP contribution in [0.15, 0.2) is 54.7 Å². The molecule has 0 fully saturated rings. The van der Waals surface area contributed by atoms with Gasteiger partial charge in [-0.05, 0) is 24.3 Å². The lowest BCUT2D eigenvalue weighted by Crippen LogP contribution is -2.04. The second kappa shape index (κ2) is 7.02. The number of nitriles is 1. The van der Waals surface area contributed by atoms with Crippen LogP contribution in [0.2, 0.25) is 5.15 Å². The summed E-state index contributed by atoms with van der Waals surface area (Å²) in [5, 5.41) is 9.39. The van der Waals surface area contributed by atoms with E-state index in [1.165, 1.54) is 42.6 Å². The van der Waals surface area contributed by atoms with Crippen LogP contribution in [0.1, 0.15) is 11.1 Å². The van der Waals surface area contributed by atoms with Crippen molar-refractivity contribution in [2.45, 2.75) is 6.18 Å². The van der Waals surface area contributed by atoms with Gasteiger partial charge in [-0.2, -0.15) is 18.4 Å². The van der Waals surface area contributed by atoms with Crippen LogP contribution in [-0.2, 0) is 6.18 Å². The summed E-state index contributed by atoms with van der Waals surface area (Å²) < 4.78 is 44.3. The van der Waals surface area contributed by atoms with Crippen molar-refractivity contribution in [3.8, 4) is 29.0 Å². The third-order valence-corrected chi connectivity index (χ3v) is 3.54. The van der Waals surface area contributed by atoms with Crippen LogP contribution < -0.4 is 4.74 Å². The van der Waals surface area contributed by atoms with Gasteiger partial charge in [0.2, 0.25) is 5.88 Å². The molecule has 0 atom stereocenters. The summed E-state index contributed by atoms with van der Waals surface area (Å²) in [7, 11) is 0. The maximum atomic E-state index is 12.9. The summed E-state index contributed by atoms with van der Waals surface area (Å²) in [5.74, 6) is 0.390. The number of alkyl halides is 3. The van der Waals surface area contributed by atoms with E-state index in [0.717, 1.165) is 12.1 Å². The number of hydrogen-bond donors (Lipinski definition) is 0. The first-order chi connectivity index (χ1) is 12.3. The fraction of sp³-hybridized carbons (Fsp3) is 0.0556. The molecule has 2 heterocycles. The van der Waals surface area contributed by atoms with Crippen molar-refractivity contribution in [3.05, 3.63) is 71.0 Å². The van der Waals surface area contributed by atoms with Crippen molar-refractivity contribution in [1.29, 1.82) is 5.26 Å². The SMILES string of the molecule is N#Cc1cc(Oc2ccnc(Cl)c2)nc(-c2cccc(C(F)(F)F)c2)c1. The number of hydrogen-bond acceptors (Lipinski definition) is 4. The van der Waals surface area contributed by atoms with Crippen molar-refractivity contribution in [2.75, 3.05) is 0 Å². The zero-order valence-corrected chi connectivity index (χ0v) is 13.7. The summed E-state index contributed by atoms with van der Waals surface area (Å²) in [5.41, 5.74) is -0.204. The van der Waals surface area contributed by atoms with E-state index >= 15 is 0 Å². The fourth-order valence-corrected chi connectivity index (χ4v) is 2.36. The molecule has 2 aromatic heterocycles. The standard InChI is InChI=1S/C18H9ClF3N3O/c19-16-9-14(4-5-24-16)26-17-7-11(10-23)6-15(25-17)12-2-1-3-13(8-12)18(20,21)22/h1-9H. The number of aromatic nitrogens is 2. The van der Waals surface area contributed by atoms with Gasteiger partial charge in [0.25, 0.3) is 0 Å². The third kappa shape index (κ3) is 4.10. The first kappa shape index (κ1) is 17.7. The molecule has 0 radical (unpaired) electrons. The molecule has 3 rings (SSSR count). The molecule has 0 spiro atoms. The van der Waals surface area contributed by atoms with Crippen molar-refractivity contribution in [3.63, 3.8) is 0 Å². The molecule has 3 aromatic rings. The fourth-order valence-electron chi connectivity index (χ4n) is 2.19. The highest BCUT2D eigenvalue weighted by atomic mass is 35.5. The topological polar surface area (TPSA) is 58.8 Å². The Balaban J connectivity index is 2.02. The zero-order valence-electron chi connectivity index (χ0n) is 13.0. The minimum absolute atomic E-state index is 0.0544. The number of halogens is 4. The quantitative estimate of drug-likeness (QED) is 0.569. The molecular weight excluding hydrogens is 367 g/mol. The predicted molar refractivity (Wildman–Crippen MR) is 88.7 cm³/mol. The Labute approximate surface area is 151 Å². The first-order valence-corrected chi connectivity index (χ1v) is 7.62. The van der Waals surface area contributed by atoms with Gasteiger partial charge in [-0.3, -0.25) is 0 Å². The van der Waals surface area contributed by atoms with Gasteiger partial charge in [0, 0.05) is 23.9 Å². The lowest BCUT2D eigenvalue weighted by atomic mass is 10.1. The Morgan fingerprint density at radius 2 is 1.88 bits per heavy atom. The summed E-state index contributed by atoms with van der Waals surface area (Å²) in [6.45, 7) is 0. The van der Waals surface area contributed by atoms with E-state index in [4.69, 9.17) is 16.3 Å². The van der Waals surface area contributed by atoms with Gasteiger partial charge < -0.3 is 4.74 Å². The van der Waals surface area contributed by atoms with Gasteiger partial charge in [-0.1, -0.05) is 23.7 Å². The molecule has 0 bridgehead atoms. The van der Waals surface area contributed by atoms with Gasteiger partial charge in [0.1, 0.15) is 10.9 Å². The van der Waals surface area contributed by atoms with Crippen molar-refractivity contribution in [2.24, 2.45) is 0 Å². The van der Waals surface area contributed by atoms with E-state index in [1.807, 2.05) is 6.07 Å². The maximum absolute atomic E-state index is 12.9. The van der Waals surface area contributed by atoms with Gasteiger partial charge >= 0.3 is 6.18 Å². The van der Waals surface area contributed by atoms with E-state index in [0.29, 0.717) is 5.75 Å². The average Bonchev–Trinajstić information content (AvgIpc) is 2.61. The van der Waals surface area contributed by atoms with Crippen LogP contribution in [0.3, 0.4) is 0 Å². The molecule has 0 aliphatic heterocycles. The number of rotatable bonds is 3. The van der Waals surface area contributed by atoms with Crippen molar-refractivity contribution in [1.82, 2.24) is 9.97 Å². The predicted octanol–water partition coefficient (Wildman–Crippen LogP) is 5.48. The molecule has 4 nitrogen and oxygen atoms in total. The lowest BCUT2D eigenvalue weighted by Gasteiger charge is -2.10. The Hall–Kier alpha value is -3.11. The molecule has 0 saturated heterocycles. The van der Waals surface area contributed by atoms with Gasteiger partial charge in [0.05, 0.1) is 22.9 Å². The van der Waals surface area contributed by atoms with Gasteiger partial charge in [-0.15, -0.1) is 0 Å². The summed E-state index contributed by atoms with van der Waals surface area (Å²) in [4.78, 5) is 8.01. The molecule has 1 aromatic carbocycles. The molecule has 0 amide bonds. The maximum Gasteiger partial charge on any atom is 0.416 e. The molecule has 26 heavy (non-hydrogen) atoms. The Kier molecular flexibility index (Phi) is 4.78. The lowest BCUT2D eigenvalue weighted by molar-refractivity contribution is -0.137. The highest BCUT2D eigenvalue weighted by Gasteiger charge is 2.30. The highest BCUT2D eigenvalue weighted by molar-refractivity contribution is 6.29. The monoisotopic (exact) mass is 375 g/mol. The summed E-state index contributed by atoms with van der Waals surface area (Å²) >= 11 is 5.79. The van der Waals surface area contributed by atoms with Crippen LogP contribution in [0.5, 0.6) is 11.6 Å². The first-order valence-electron chi connectivity index (χ1n) is 7.24. The van der Waals surface area contributed by atoms with E-state index in [1.54, 1.807) is 0 Å². The van der Waals surface area contributed by atoms with Crippen molar-refractivity contribution >= 4 is 11.6 Å². The zero-order chi connectivity index (χ0) is 18.7. The summed E-state index contributed by atoms with van der Waals surface area (Å²) in [6, 6.07) is 12.4. The number of pyridine rings is 2. The summed E-state index contributed by atoms with van der Waals surface area (Å²) in [6.07, 6.45) is -3.05. The van der Waals surface area contributed by atoms with Crippen LogP contribution in [0, 0.1) is 11.3 Å². The van der Waals surface area contributed by atoms with E-state index in [2.05, 4.69) is 9.97 Å². The van der Waals surface area contributed by atoms with Crippen LogP contribution in [0.25, 0.3) is 11.3 Å². The highest BCUT2D eigenvalue weighted by Crippen LogP contribution is 2.33. The molecule has 130 valence electrons. The van der Waals surface area contributed by atoms with E-state index < -0.39 is 11.7 Å². The van der Waals surface area contributed by atoms with Gasteiger partial charge in [-0.25, -0.2) is 9.97 Å². The largest absolute Gasteiger partial charge is 0.439 e. The Morgan fingerprint density at radius 1 is 1.08 bits per heavy atom.